The zero-order valence-corrected chi connectivity index (χ0v) is 17.3. The van der Waals surface area contributed by atoms with Gasteiger partial charge in [0.15, 0.2) is 11.3 Å². The molecule has 0 amide bonds. The molecule has 4 rings (SSSR count). The first-order valence-corrected chi connectivity index (χ1v) is 9.45. The number of hydrogen-bond donors (Lipinski definition) is 3. The molecule has 168 valence electrons. The van der Waals surface area contributed by atoms with Gasteiger partial charge in [-0.25, -0.2) is 14.2 Å². The predicted octanol–water partition coefficient (Wildman–Crippen LogP) is 3.41. The first kappa shape index (κ1) is 24.1. The van der Waals surface area contributed by atoms with E-state index < -0.39 is 23.3 Å². The highest BCUT2D eigenvalue weighted by atomic mass is 16.6. The van der Waals surface area contributed by atoms with Crippen molar-refractivity contribution in [2.45, 2.75) is 20.0 Å². The van der Waals surface area contributed by atoms with E-state index in [2.05, 4.69) is 14.9 Å². The first-order valence-electron chi connectivity index (χ1n) is 9.45. The molecule has 2 aromatic carbocycles. The lowest BCUT2D eigenvalue weighted by molar-refractivity contribution is 0.0688. The Morgan fingerprint density at radius 3 is 2.22 bits per heavy atom. The van der Waals surface area contributed by atoms with Crippen LogP contribution in [0.5, 0.6) is 11.5 Å². The van der Waals surface area contributed by atoms with Gasteiger partial charge in [-0.1, -0.05) is 34.6 Å². The minimum Gasteiger partial charge on any atom is -0.508 e. The highest BCUT2D eigenvalue weighted by Crippen LogP contribution is 2.27. The summed E-state index contributed by atoms with van der Waals surface area (Å²) >= 11 is 0. The van der Waals surface area contributed by atoms with Crippen LogP contribution in [0.2, 0.25) is 0 Å². The number of aromatic nitrogens is 2. The summed E-state index contributed by atoms with van der Waals surface area (Å²) < 4.78 is 14.3. The first-order chi connectivity index (χ1) is 15.3. The molecule has 0 radical (unpaired) electrons. The van der Waals surface area contributed by atoms with Gasteiger partial charge in [-0.3, -0.25) is 0 Å². The number of carboxylic acid groups (broad SMARTS) is 1. The number of para-hydroxylation sites is 1. The number of aromatic carboxylic acids is 1. The van der Waals surface area contributed by atoms with Gasteiger partial charge in [0.1, 0.15) is 11.3 Å². The van der Waals surface area contributed by atoms with Crippen LogP contribution < -0.4 is 10.4 Å². The Balaban J connectivity index is 0.000000202. The Labute approximate surface area is 182 Å². The fourth-order valence-electron chi connectivity index (χ4n) is 2.49. The number of phenols is 1. The summed E-state index contributed by atoms with van der Waals surface area (Å²) in [5.41, 5.74) is -0.242. The molecule has 0 saturated heterocycles. The lowest BCUT2D eigenvalue weighted by Gasteiger charge is -2.08. The molecule has 0 aliphatic carbocycles. The molecule has 2 aromatic heterocycles. The number of benzene rings is 2. The Kier molecular flexibility index (Phi) is 8.93. The summed E-state index contributed by atoms with van der Waals surface area (Å²) in [5.74, 6) is -1.07. The van der Waals surface area contributed by atoms with Gasteiger partial charge in [-0.15, -0.1) is 0 Å². The van der Waals surface area contributed by atoms with Gasteiger partial charge >= 0.3 is 11.6 Å². The maximum absolute atomic E-state index is 11.5. The quantitative estimate of drug-likeness (QED) is 0.400. The van der Waals surface area contributed by atoms with E-state index in [-0.39, 0.29) is 18.1 Å². The standard InChI is InChI=1S/C12H10O5.C8H10O2.C2H2N2O/c1-2-16-10-7-5-3-4-6-8(7)17-12(15)9(10)11(13)14;1-6(9)7-2-4-8(10)5-3-7;1-2-4-5-3-1/h3-6H,2H2,1H3,(H,13,14);2-6,9-10H,1H3;1-2H. The van der Waals surface area contributed by atoms with Gasteiger partial charge in [-0.2, -0.15) is 0 Å². The van der Waals surface area contributed by atoms with Crippen LogP contribution in [0.15, 0.2) is 74.8 Å². The van der Waals surface area contributed by atoms with E-state index in [4.69, 9.17) is 24.5 Å². The smallest absolute Gasteiger partial charge is 0.354 e. The Morgan fingerprint density at radius 1 is 1.09 bits per heavy atom. The molecule has 3 N–H and O–H groups in total. The number of aromatic hydroxyl groups is 1. The summed E-state index contributed by atoms with van der Waals surface area (Å²) in [7, 11) is 0. The maximum atomic E-state index is 11.5. The number of aliphatic hydroxyl groups excluding tert-OH is 1. The molecule has 4 aromatic rings. The second-order valence-electron chi connectivity index (χ2n) is 6.19. The van der Waals surface area contributed by atoms with Gasteiger partial charge in [0.25, 0.3) is 0 Å². The number of ether oxygens (including phenoxy) is 1. The molecule has 0 aliphatic rings. The van der Waals surface area contributed by atoms with Gasteiger partial charge in [0.05, 0.1) is 30.5 Å². The molecule has 0 bridgehead atoms. The van der Waals surface area contributed by atoms with Crippen molar-refractivity contribution in [3.8, 4) is 11.5 Å². The molecule has 1 unspecified atom stereocenters. The van der Waals surface area contributed by atoms with Crippen LogP contribution in [0.3, 0.4) is 0 Å². The predicted molar refractivity (Wildman–Crippen MR) is 114 cm³/mol. The third kappa shape index (κ3) is 6.67. The molecular weight excluding hydrogens is 420 g/mol. The third-order valence-electron chi connectivity index (χ3n) is 3.93. The van der Waals surface area contributed by atoms with Crippen molar-refractivity contribution >= 4 is 16.9 Å². The number of fused-ring (bicyclic) bond motifs is 1. The van der Waals surface area contributed by atoms with E-state index in [0.29, 0.717) is 11.0 Å². The molecule has 10 nitrogen and oxygen atoms in total. The number of carbonyl (C=O) groups is 1. The van der Waals surface area contributed by atoms with E-state index in [1.54, 1.807) is 62.4 Å². The van der Waals surface area contributed by atoms with Crippen molar-refractivity contribution in [1.82, 2.24) is 10.3 Å². The van der Waals surface area contributed by atoms with Crippen LogP contribution in [0.4, 0.5) is 0 Å². The van der Waals surface area contributed by atoms with Crippen molar-refractivity contribution in [3.05, 3.63) is 82.5 Å². The molecule has 10 heteroatoms. The van der Waals surface area contributed by atoms with Gasteiger partial charge in [0, 0.05) is 0 Å². The van der Waals surface area contributed by atoms with Crippen molar-refractivity contribution in [2.24, 2.45) is 0 Å². The van der Waals surface area contributed by atoms with Crippen molar-refractivity contribution in [3.63, 3.8) is 0 Å². The zero-order valence-electron chi connectivity index (χ0n) is 17.3. The van der Waals surface area contributed by atoms with E-state index in [1.165, 1.54) is 12.4 Å². The van der Waals surface area contributed by atoms with Gasteiger partial charge in [0.2, 0.25) is 0 Å². The lowest BCUT2D eigenvalue weighted by atomic mass is 10.1. The van der Waals surface area contributed by atoms with Crippen molar-refractivity contribution < 1.29 is 33.9 Å². The Hall–Kier alpha value is -4.18. The summed E-state index contributed by atoms with van der Waals surface area (Å²) in [5, 5.41) is 33.8. The SMILES string of the molecule is CC(O)c1ccc(O)cc1.CCOc1c(C(=O)O)c(=O)oc2ccccc12.c1cnon1. The minimum absolute atomic E-state index is 0.0619. The van der Waals surface area contributed by atoms with Gasteiger partial charge < -0.3 is 24.5 Å². The lowest BCUT2D eigenvalue weighted by Crippen LogP contribution is -2.16. The molecule has 1 atom stereocenters. The Morgan fingerprint density at radius 2 is 1.72 bits per heavy atom. The monoisotopic (exact) mass is 442 g/mol. The summed E-state index contributed by atoms with van der Waals surface area (Å²) in [6.07, 6.45) is 2.49. The molecule has 32 heavy (non-hydrogen) atoms. The van der Waals surface area contributed by atoms with E-state index >= 15 is 0 Å². The molecular formula is C22H22N2O8. The molecule has 2 heterocycles. The van der Waals surface area contributed by atoms with E-state index in [0.717, 1.165) is 5.56 Å². The highest BCUT2D eigenvalue weighted by molar-refractivity contribution is 5.97. The van der Waals surface area contributed by atoms with Gasteiger partial charge in [-0.05, 0) is 43.7 Å². The fourth-order valence-corrected chi connectivity index (χ4v) is 2.49. The number of rotatable bonds is 4. The summed E-state index contributed by atoms with van der Waals surface area (Å²) in [6.45, 7) is 3.68. The number of carboxylic acids is 1. The van der Waals surface area contributed by atoms with Crippen LogP contribution in [0.1, 0.15) is 35.9 Å². The fraction of sp³-hybridized carbons (Fsp3) is 0.182. The number of aliphatic hydroxyl groups is 1. The zero-order chi connectivity index (χ0) is 23.5. The average Bonchev–Trinajstić information content (AvgIpc) is 3.35. The average molecular weight is 442 g/mol. The molecule has 0 aliphatic heterocycles. The normalized spacial score (nSPS) is 10.8. The summed E-state index contributed by atoms with van der Waals surface area (Å²) in [6, 6.07) is 13.2. The second kappa shape index (κ2) is 11.9. The maximum Gasteiger partial charge on any atom is 0.354 e. The molecule has 0 saturated carbocycles. The summed E-state index contributed by atoms with van der Waals surface area (Å²) in [4.78, 5) is 22.6. The van der Waals surface area contributed by atoms with E-state index in [1.807, 2.05) is 0 Å². The highest BCUT2D eigenvalue weighted by Gasteiger charge is 2.21. The minimum atomic E-state index is -1.35. The Bertz CT molecular complexity index is 1150. The van der Waals surface area contributed by atoms with Crippen LogP contribution in [0, 0.1) is 0 Å². The van der Waals surface area contributed by atoms with Crippen LogP contribution in [-0.4, -0.2) is 38.2 Å². The largest absolute Gasteiger partial charge is 0.508 e. The number of phenolic OH excluding ortho intramolecular Hbond substituents is 1. The van der Waals surface area contributed by atoms with Crippen molar-refractivity contribution in [2.75, 3.05) is 6.61 Å². The van der Waals surface area contributed by atoms with E-state index in [9.17, 15) is 9.59 Å². The van der Waals surface area contributed by atoms with Crippen molar-refractivity contribution in [1.29, 1.82) is 0 Å². The molecule has 0 fully saturated rings. The number of nitrogens with zero attached hydrogens (tertiary/aromatic N) is 2. The molecule has 0 spiro atoms. The van der Waals surface area contributed by atoms with Crippen LogP contribution >= 0.6 is 0 Å². The second-order valence-corrected chi connectivity index (χ2v) is 6.19. The van der Waals surface area contributed by atoms with Crippen LogP contribution in [-0.2, 0) is 0 Å². The van der Waals surface area contributed by atoms with Crippen LogP contribution in [0.25, 0.3) is 11.0 Å². The topological polar surface area (TPSA) is 156 Å². The number of hydrogen-bond acceptors (Lipinski definition) is 9. The third-order valence-corrected chi connectivity index (χ3v) is 3.93.